The molecule has 2 rings (SSSR count). The van der Waals surface area contributed by atoms with Crippen molar-refractivity contribution in [3.63, 3.8) is 0 Å². The fourth-order valence-electron chi connectivity index (χ4n) is 1.81. The van der Waals surface area contributed by atoms with Crippen LogP contribution < -0.4 is 0 Å². The van der Waals surface area contributed by atoms with Crippen molar-refractivity contribution in [2.45, 2.75) is 19.3 Å². The Morgan fingerprint density at radius 1 is 1.78 bits per heavy atom. The molecule has 2 aliphatic rings. The van der Waals surface area contributed by atoms with Crippen LogP contribution in [0.1, 0.15) is 19.3 Å². The highest BCUT2D eigenvalue weighted by Gasteiger charge is 2.61. The van der Waals surface area contributed by atoms with Crippen LogP contribution in [0, 0.1) is 23.7 Å². The average molecular weight is 120 g/mol. The first kappa shape index (κ1) is 5.05. The molecule has 9 heavy (non-hydrogen) atoms. The maximum atomic E-state index is 11.0. The Morgan fingerprint density at radius 3 is 2.78 bits per heavy atom. The lowest BCUT2D eigenvalue weighted by molar-refractivity contribution is -0.120. The molecule has 0 heterocycles. The Balaban J connectivity index is 2.36. The number of fused-ring (bicyclic) bond motifs is 1. The van der Waals surface area contributed by atoms with Crippen molar-refractivity contribution in [2.75, 3.05) is 0 Å². The van der Waals surface area contributed by atoms with E-state index in [0.717, 1.165) is 19.3 Å². The molecule has 0 amide bonds. The van der Waals surface area contributed by atoms with Gasteiger partial charge in [-0.2, -0.15) is 0 Å². The zero-order valence-electron chi connectivity index (χ0n) is 5.18. The van der Waals surface area contributed by atoms with Crippen LogP contribution in [0.3, 0.4) is 0 Å². The Morgan fingerprint density at radius 2 is 2.56 bits per heavy atom. The van der Waals surface area contributed by atoms with Gasteiger partial charge in [0.05, 0.1) is 5.41 Å². The highest BCUT2D eigenvalue weighted by atomic mass is 16.1. The molecule has 2 atom stereocenters. The third kappa shape index (κ3) is 0.400. The van der Waals surface area contributed by atoms with Crippen molar-refractivity contribution in [3.05, 3.63) is 0 Å². The van der Waals surface area contributed by atoms with Crippen LogP contribution in [0.15, 0.2) is 0 Å². The van der Waals surface area contributed by atoms with Gasteiger partial charge in [0, 0.05) is 6.42 Å². The minimum absolute atomic E-state index is 0.250. The molecular formula is C8H8O. The first-order valence-electron chi connectivity index (χ1n) is 3.31. The Kier molecular flexibility index (Phi) is 0.679. The second-order valence-corrected chi connectivity index (χ2v) is 2.98. The number of hydrogen-bond donors (Lipinski definition) is 0. The number of carbonyl (C=O) groups excluding carboxylic acids is 1. The second-order valence-electron chi connectivity index (χ2n) is 2.98. The third-order valence-electron chi connectivity index (χ3n) is 2.58. The maximum Gasteiger partial charge on any atom is 0.151 e. The SMILES string of the molecule is C#CC12CC1CCC2=O. The summed E-state index contributed by atoms with van der Waals surface area (Å²) in [6.07, 6.45) is 7.98. The Hall–Kier alpha value is -0.770. The summed E-state index contributed by atoms with van der Waals surface area (Å²) in [5, 5.41) is 0. The van der Waals surface area contributed by atoms with Crippen molar-refractivity contribution in [2.24, 2.45) is 11.3 Å². The van der Waals surface area contributed by atoms with Gasteiger partial charge in [0.2, 0.25) is 0 Å². The van der Waals surface area contributed by atoms with E-state index in [2.05, 4.69) is 5.92 Å². The van der Waals surface area contributed by atoms with E-state index < -0.39 is 0 Å². The topological polar surface area (TPSA) is 17.1 Å². The molecule has 0 N–H and O–H groups in total. The molecule has 0 radical (unpaired) electrons. The second kappa shape index (κ2) is 1.21. The van der Waals surface area contributed by atoms with Crippen LogP contribution in [0.5, 0.6) is 0 Å². The summed E-state index contributed by atoms with van der Waals surface area (Å²) in [7, 11) is 0. The minimum Gasteiger partial charge on any atom is -0.298 e. The van der Waals surface area contributed by atoms with Gasteiger partial charge in [-0.1, -0.05) is 5.92 Å². The van der Waals surface area contributed by atoms with E-state index in [-0.39, 0.29) is 5.41 Å². The van der Waals surface area contributed by atoms with Crippen LogP contribution in [0.25, 0.3) is 0 Å². The number of hydrogen-bond acceptors (Lipinski definition) is 1. The van der Waals surface area contributed by atoms with E-state index in [1.165, 1.54) is 0 Å². The van der Waals surface area contributed by atoms with E-state index in [1.807, 2.05) is 0 Å². The van der Waals surface area contributed by atoms with Crippen LogP contribution in [-0.4, -0.2) is 5.78 Å². The first-order chi connectivity index (χ1) is 4.29. The van der Waals surface area contributed by atoms with E-state index >= 15 is 0 Å². The first-order valence-corrected chi connectivity index (χ1v) is 3.31. The predicted molar refractivity (Wildman–Crippen MR) is 33.6 cm³/mol. The molecule has 0 bridgehead atoms. The normalized spacial score (nSPS) is 46.1. The fourth-order valence-corrected chi connectivity index (χ4v) is 1.81. The van der Waals surface area contributed by atoms with Gasteiger partial charge in [-0.15, -0.1) is 6.42 Å². The lowest BCUT2D eigenvalue weighted by Crippen LogP contribution is -2.08. The van der Waals surface area contributed by atoms with Gasteiger partial charge in [-0.25, -0.2) is 0 Å². The molecule has 2 aliphatic carbocycles. The van der Waals surface area contributed by atoms with Gasteiger partial charge < -0.3 is 0 Å². The molecule has 0 aromatic rings. The molecule has 1 heteroatoms. The highest BCUT2D eigenvalue weighted by Crippen LogP contribution is 2.60. The maximum absolute atomic E-state index is 11.0. The minimum atomic E-state index is -0.250. The van der Waals surface area contributed by atoms with E-state index in [0.29, 0.717) is 11.7 Å². The van der Waals surface area contributed by atoms with Gasteiger partial charge in [-0.3, -0.25) is 4.79 Å². The standard InChI is InChI=1S/C8H8O/c1-2-8-5-6(8)3-4-7(8)9/h1,6H,3-5H2. The Bertz CT molecular complexity index is 211. The summed E-state index contributed by atoms with van der Waals surface area (Å²) in [6.45, 7) is 0. The molecule has 46 valence electrons. The molecule has 2 unspecified atom stereocenters. The number of carbonyl (C=O) groups is 1. The average Bonchev–Trinajstić information content (AvgIpc) is 2.52. The van der Waals surface area contributed by atoms with Crippen LogP contribution in [-0.2, 0) is 4.79 Å². The van der Waals surface area contributed by atoms with Gasteiger partial charge in [0.25, 0.3) is 0 Å². The zero-order valence-corrected chi connectivity index (χ0v) is 5.18. The largest absolute Gasteiger partial charge is 0.298 e. The van der Waals surface area contributed by atoms with Crippen molar-refractivity contribution < 1.29 is 4.79 Å². The number of Topliss-reactive ketones (excluding diaryl/α,β-unsaturated/α-hetero) is 1. The lowest BCUT2D eigenvalue weighted by atomic mass is 10.0. The summed E-state index contributed by atoms with van der Waals surface area (Å²) < 4.78 is 0. The highest BCUT2D eigenvalue weighted by molar-refractivity contribution is 5.93. The zero-order chi connectivity index (χ0) is 6.48. The van der Waals surface area contributed by atoms with Crippen LogP contribution in [0.2, 0.25) is 0 Å². The molecule has 2 fully saturated rings. The van der Waals surface area contributed by atoms with E-state index in [4.69, 9.17) is 6.42 Å². The van der Waals surface area contributed by atoms with Gasteiger partial charge >= 0.3 is 0 Å². The van der Waals surface area contributed by atoms with Gasteiger partial charge in [-0.05, 0) is 18.8 Å². The molecule has 1 nitrogen and oxygen atoms in total. The molecule has 0 spiro atoms. The van der Waals surface area contributed by atoms with Crippen molar-refractivity contribution in [1.29, 1.82) is 0 Å². The molecule has 0 saturated heterocycles. The van der Waals surface area contributed by atoms with Crippen LogP contribution >= 0.6 is 0 Å². The van der Waals surface area contributed by atoms with E-state index in [1.54, 1.807) is 0 Å². The van der Waals surface area contributed by atoms with E-state index in [9.17, 15) is 4.79 Å². The smallest absolute Gasteiger partial charge is 0.151 e. The molecular weight excluding hydrogens is 112 g/mol. The quantitative estimate of drug-likeness (QED) is 0.436. The van der Waals surface area contributed by atoms with Crippen molar-refractivity contribution in [3.8, 4) is 12.3 Å². The summed E-state index contributed by atoms with van der Waals surface area (Å²) >= 11 is 0. The number of terminal acetylenes is 1. The fraction of sp³-hybridized carbons (Fsp3) is 0.625. The summed E-state index contributed by atoms with van der Waals surface area (Å²) in [5.41, 5.74) is -0.250. The molecule has 2 saturated carbocycles. The summed E-state index contributed by atoms with van der Waals surface area (Å²) in [6, 6.07) is 0. The van der Waals surface area contributed by atoms with Gasteiger partial charge in [0.1, 0.15) is 0 Å². The Labute approximate surface area is 54.4 Å². The third-order valence-corrected chi connectivity index (χ3v) is 2.58. The monoisotopic (exact) mass is 120 g/mol. The summed E-state index contributed by atoms with van der Waals surface area (Å²) in [5.74, 6) is 3.49. The molecule has 0 aromatic carbocycles. The molecule has 0 aliphatic heterocycles. The number of ketones is 1. The lowest BCUT2D eigenvalue weighted by Gasteiger charge is -1.96. The van der Waals surface area contributed by atoms with Crippen molar-refractivity contribution >= 4 is 5.78 Å². The number of rotatable bonds is 0. The molecule has 0 aromatic heterocycles. The predicted octanol–water partition coefficient (Wildman–Crippen LogP) is 0.989. The van der Waals surface area contributed by atoms with Crippen molar-refractivity contribution in [1.82, 2.24) is 0 Å². The van der Waals surface area contributed by atoms with Gasteiger partial charge in [0.15, 0.2) is 5.78 Å². The summed E-state index contributed by atoms with van der Waals surface area (Å²) in [4.78, 5) is 11.0. The van der Waals surface area contributed by atoms with Crippen LogP contribution in [0.4, 0.5) is 0 Å².